The van der Waals surface area contributed by atoms with Crippen LogP contribution in [-0.2, 0) is 6.42 Å². The van der Waals surface area contributed by atoms with Crippen LogP contribution in [0.1, 0.15) is 63.9 Å². The van der Waals surface area contributed by atoms with Gasteiger partial charge in [-0.2, -0.15) is 0 Å². The lowest BCUT2D eigenvalue weighted by molar-refractivity contribution is -0.0319. The Labute approximate surface area is 118 Å². The largest absolute Gasteiger partial charge is 0.390 e. The predicted molar refractivity (Wildman–Crippen MR) is 81.2 cm³/mol. The monoisotopic (exact) mass is 260 g/mol. The highest BCUT2D eigenvalue weighted by Crippen LogP contribution is 2.37. The Kier molecular flexibility index (Phi) is 5.45. The summed E-state index contributed by atoms with van der Waals surface area (Å²) < 4.78 is 0. The van der Waals surface area contributed by atoms with Gasteiger partial charge in [-0.05, 0) is 50.0 Å². The molecule has 1 N–H and O–H groups in total. The lowest BCUT2D eigenvalue weighted by atomic mass is 9.78. The molecule has 2 atom stereocenters. The molecule has 106 valence electrons. The number of rotatable bonds is 5. The highest BCUT2D eigenvalue weighted by molar-refractivity contribution is 5.14. The van der Waals surface area contributed by atoms with Crippen molar-refractivity contribution in [3.8, 4) is 0 Å². The van der Waals surface area contributed by atoms with Crippen molar-refractivity contribution in [1.82, 2.24) is 0 Å². The number of hydrogen-bond donors (Lipinski definition) is 1. The molecule has 0 spiro atoms. The smallest absolute Gasteiger partial charge is 0.0673 e. The summed E-state index contributed by atoms with van der Waals surface area (Å²) in [5.74, 6) is 0.517. The first-order chi connectivity index (χ1) is 9.24. The van der Waals surface area contributed by atoms with Gasteiger partial charge >= 0.3 is 0 Å². The number of aryl methyl sites for hydroxylation is 1. The summed E-state index contributed by atoms with van der Waals surface area (Å²) in [7, 11) is 0. The molecule has 1 nitrogen and oxygen atoms in total. The maximum atomic E-state index is 10.8. The Morgan fingerprint density at radius 3 is 2.68 bits per heavy atom. The van der Waals surface area contributed by atoms with Crippen LogP contribution in [0.15, 0.2) is 30.3 Å². The minimum atomic E-state index is -0.382. The van der Waals surface area contributed by atoms with E-state index in [1.807, 2.05) is 0 Å². The van der Waals surface area contributed by atoms with Crippen molar-refractivity contribution in [2.75, 3.05) is 0 Å². The van der Waals surface area contributed by atoms with Crippen molar-refractivity contribution in [1.29, 1.82) is 0 Å². The summed E-state index contributed by atoms with van der Waals surface area (Å²) in [6, 6.07) is 10.7. The molecular weight excluding hydrogens is 232 g/mol. The Morgan fingerprint density at radius 2 is 1.95 bits per heavy atom. The normalized spacial score (nSPS) is 28.0. The molecule has 0 saturated heterocycles. The first kappa shape index (κ1) is 14.6. The molecule has 0 bridgehead atoms. The van der Waals surface area contributed by atoms with Gasteiger partial charge in [-0.15, -0.1) is 0 Å². The minimum Gasteiger partial charge on any atom is -0.390 e. The van der Waals surface area contributed by atoms with Gasteiger partial charge in [0.15, 0.2) is 0 Å². The number of aliphatic hydroxyl groups is 1. The van der Waals surface area contributed by atoms with Crippen molar-refractivity contribution in [3.63, 3.8) is 0 Å². The van der Waals surface area contributed by atoms with Gasteiger partial charge in [0.2, 0.25) is 0 Å². The molecule has 0 aliphatic heterocycles. The molecule has 1 aliphatic carbocycles. The molecule has 0 aromatic heterocycles. The fourth-order valence-corrected chi connectivity index (χ4v) is 3.55. The van der Waals surface area contributed by atoms with Gasteiger partial charge < -0.3 is 5.11 Å². The van der Waals surface area contributed by atoms with Gasteiger partial charge in [0.05, 0.1) is 5.60 Å². The molecule has 0 amide bonds. The summed E-state index contributed by atoms with van der Waals surface area (Å²) >= 11 is 0. The average molecular weight is 260 g/mol. The third kappa shape index (κ3) is 4.07. The third-order valence-electron chi connectivity index (χ3n) is 4.90. The van der Waals surface area contributed by atoms with E-state index < -0.39 is 0 Å². The molecule has 1 aliphatic rings. The van der Waals surface area contributed by atoms with Crippen LogP contribution >= 0.6 is 0 Å². The predicted octanol–water partition coefficient (Wildman–Crippen LogP) is 4.73. The topological polar surface area (TPSA) is 20.2 Å². The average Bonchev–Trinajstić information content (AvgIpc) is 2.63. The quantitative estimate of drug-likeness (QED) is 0.759. The van der Waals surface area contributed by atoms with Crippen molar-refractivity contribution < 1.29 is 5.11 Å². The van der Waals surface area contributed by atoms with Gasteiger partial charge in [0.25, 0.3) is 0 Å². The number of hydrogen-bond acceptors (Lipinski definition) is 1. The van der Waals surface area contributed by atoms with Crippen LogP contribution < -0.4 is 0 Å². The van der Waals surface area contributed by atoms with E-state index in [0.717, 1.165) is 19.3 Å². The van der Waals surface area contributed by atoms with Crippen LogP contribution in [0.5, 0.6) is 0 Å². The van der Waals surface area contributed by atoms with Gasteiger partial charge in [-0.25, -0.2) is 0 Å². The standard InChI is InChI=1S/C18H28O/c1-2-18(19)15-8-4-7-13-17(18)14-9-12-16-10-5-3-6-11-16/h3,5-6,10-11,17,19H,2,4,7-9,12-15H2,1H3/t17-,18-/m1/s1. The molecule has 1 aromatic rings. The van der Waals surface area contributed by atoms with E-state index in [1.165, 1.54) is 44.1 Å². The summed E-state index contributed by atoms with van der Waals surface area (Å²) in [5.41, 5.74) is 1.05. The molecule has 19 heavy (non-hydrogen) atoms. The molecule has 0 unspecified atom stereocenters. The second kappa shape index (κ2) is 7.09. The molecule has 1 heteroatoms. The highest BCUT2D eigenvalue weighted by Gasteiger charge is 2.35. The van der Waals surface area contributed by atoms with E-state index in [-0.39, 0.29) is 5.60 Å². The Bertz CT molecular complexity index is 359. The van der Waals surface area contributed by atoms with Crippen LogP contribution in [0, 0.1) is 5.92 Å². The molecule has 1 saturated carbocycles. The lowest BCUT2D eigenvalue weighted by Crippen LogP contribution is -2.36. The van der Waals surface area contributed by atoms with E-state index in [1.54, 1.807) is 0 Å². The van der Waals surface area contributed by atoms with E-state index >= 15 is 0 Å². The van der Waals surface area contributed by atoms with Crippen LogP contribution in [-0.4, -0.2) is 10.7 Å². The molecule has 0 radical (unpaired) electrons. The van der Waals surface area contributed by atoms with Crippen molar-refractivity contribution in [2.45, 2.75) is 70.3 Å². The van der Waals surface area contributed by atoms with Crippen molar-refractivity contribution >= 4 is 0 Å². The molecule has 0 heterocycles. The van der Waals surface area contributed by atoms with Crippen LogP contribution in [0.2, 0.25) is 0 Å². The molecule has 1 fully saturated rings. The van der Waals surface area contributed by atoms with Crippen LogP contribution in [0.3, 0.4) is 0 Å². The SMILES string of the molecule is CC[C@@]1(O)CCCCC[C@@H]1CCCc1ccccc1. The summed E-state index contributed by atoms with van der Waals surface area (Å²) in [6.45, 7) is 2.15. The van der Waals surface area contributed by atoms with Crippen LogP contribution in [0.4, 0.5) is 0 Å². The van der Waals surface area contributed by atoms with E-state index in [0.29, 0.717) is 5.92 Å². The van der Waals surface area contributed by atoms with E-state index in [4.69, 9.17) is 0 Å². The first-order valence-electron chi connectivity index (χ1n) is 8.01. The summed E-state index contributed by atoms with van der Waals surface area (Å²) in [4.78, 5) is 0. The Balaban J connectivity index is 1.86. The summed E-state index contributed by atoms with van der Waals surface area (Å²) in [5, 5.41) is 10.8. The lowest BCUT2D eigenvalue weighted by Gasteiger charge is -2.34. The van der Waals surface area contributed by atoms with E-state index in [2.05, 4.69) is 37.3 Å². The highest BCUT2D eigenvalue weighted by atomic mass is 16.3. The Hall–Kier alpha value is -0.820. The van der Waals surface area contributed by atoms with Crippen LogP contribution in [0.25, 0.3) is 0 Å². The van der Waals surface area contributed by atoms with Crippen molar-refractivity contribution in [3.05, 3.63) is 35.9 Å². The first-order valence-corrected chi connectivity index (χ1v) is 8.01. The Morgan fingerprint density at radius 1 is 1.16 bits per heavy atom. The van der Waals surface area contributed by atoms with Crippen molar-refractivity contribution in [2.24, 2.45) is 5.92 Å². The zero-order valence-corrected chi connectivity index (χ0v) is 12.3. The molecule has 2 rings (SSSR count). The number of benzene rings is 1. The van der Waals surface area contributed by atoms with E-state index in [9.17, 15) is 5.11 Å². The van der Waals surface area contributed by atoms with Gasteiger partial charge in [0, 0.05) is 0 Å². The maximum absolute atomic E-state index is 10.8. The van der Waals surface area contributed by atoms with Gasteiger partial charge in [0.1, 0.15) is 0 Å². The molecular formula is C18H28O. The minimum absolute atomic E-state index is 0.382. The second-order valence-corrected chi connectivity index (χ2v) is 6.13. The van der Waals surface area contributed by atoms with Gasteiger partial charge in [-0.1, -0.05) is 56.5 Å². The fraction of sp³-hybridized carbons (Fsp3) is 0.667. The zero-order valence-electron chi connectivity index (χ0n) is 12.3. The fourth-order valence-electron chi connectivity index (χ4n) is 3.55. The zero-order chi connectivity index (χ0) is 13.6. The maximum Gasteiger partial charge on any atom is 0.0673 e. The molecule has 1 aromatic carbocycles. The van der Waals surface area contributed by atoms with Gasteiger partial charge in [-0.3, -0.25) is 0 Å². The summed E-state index contributed by atoms with van der Waals surface area (Å²) in [6.07, 6.45) is 10.5. The second-order valence-electron chi connectivity index (χ2n) is 6.13. The third-order valence-corrected chi connectivity index (χ3v) is 4.90.